The van der Waals surface area contributed by atoms with Gasteiger partial charge < -0.3 is 19.6 Å². The molecule has 0 saturated carbocycles. The van der Waals surface area contributed by atoms with E-state index in [2.05, 4.69) is 32.5 Å². The zero-order valence-corrected chi connectivity index (χ0v) is 24.5. The normalized spacial score (nSPS) is 20.6. The van der Waals surface area contributed by atoms with Crippen molar-refractivity contribution in [2.24, 2.45) is 0 Å². The van der Waals surface area contributed by atoms with Crippen molar-refractivity contribution in [2.45, 2.75) is 31.7 Å². The van der Waals surface area contributed by atoms with Crippen molar-refractivity contribution in [3.8, 4) is 0 Å². The number of sulfonamides is 1. The van der Waals surface area contributed by atoms with Gasteiger partial charge in [-0.15, -0.1) is 0 Å². The van der Waals surface area contributed by atoms with Crippen LogP contribution in [0, 0.1) is 0 Å². The molecule has 0 aliphatic carbocycles. The number of piperidine rings is 1. The lowest BCUT2D eigenvalue weighted by Crippen LogP contribution is -2.45. The molecule has 40 heavy (non-hydrogen) atoms. The van der Waals surface area contributed by atoms with E-state index >= 15 is 0 Å². The molecular weight excluding hydrogens is 552 g/mol. The Labute approximate surface area is 239 Å². The number of carbonyl (C=O) groups excluding carboxylic acids is 1. The van der Waals surface area contributed by atoms with Crippen LogP contribution in [0.2, 0.25) is 5.02 Å². The van der Waals surface area contributed by atoms with Crippen LogP contribution in [0.15, 0.2) is 30.3 Å². The van der Waals surface area contributed by atoms with Crippen molar-refractivity contribution in [1.82, 2.24) is 24.4 Å². The summed E-state index contributed by atoms with van der Waals surface area (Å²) >= 11 is 6.25. The quantitative estimate of drug-likeness (QED) is 0.470. The molecule has 3 aromatic rings. The molecule has 5 heterocycles. The highest BCUT2D eigenvalue weighted by molar-refractivity contribution is 7.92. The maximum atomic E-state index is 14.0. The highest BCUT2D eigenvalue weighted by Crippen LogP contribution is 2.35. The number of benzene rings is 1. The van der Waals surface area contributed by atoms with Crippen molar-refractivity contribution in [1.29, 1.82) is 0 Å². The van der Waals surface area contributed by atoms with Crippen molar-refractivity contribution in [3.05, 3.63) is 46.6 Å². The second-order valence-electron chi connectivity index (χ2n) is 11.0. The van der Waals surface area contributed by atoms with E-state index < -0.39 is 10.0 Å². The Balaban J connectivity index is 1.38. The zero-order chi connectivity index (χ0) is 28.0. The molecule has 3 aliphatic rings. The van der Waals surface area contributed by atoms with Gasteiger partial charge in [-0.2, -0.15) is 9.61 Å². The second kappa shape index (κ2) is 10.7. The predicted octanol–water partition coefficient (Wildman–Crippen LogP) is 3.08. The van der Waals surface area contributed by atoms with E-state index in [4.69, 9.17) is 21.7 Å². The number of anilines is 3. The summed E-state index contributed by atoms with van der Waals surface area (Å²) in [5, 5.41) is 5.41. The molecule has 1 amide bonds. The SMILES string of the molecule is CN1CCN(c2cc(N3CCC3)nc3cc([C@H]4CCCCN4C(=O)c4cc(Cl)ccc4NS(C)(=O)=O)nn23)CC1. The average molecular weight is 587 g/mol. The Morgan fingerprint density at radius 1 is 0.975 bits per heavy atom. The fourth-order valence-corrected chi connectivity index (χ4v) is 6.46. The van der Waals surface area contributed by atoms with Crippen LogP contribution in [0.1, 0.15) is 47.8 Å². The number of carbonyl (C=O) groups is 1. The van der Waals surface area contributed by atoms with Gasteiger partial charge in [-0.25, -0.2) is 13.4 Å². The third-order valence-electron chi connectivity index (χ3n) is 8.03. The fourth-order valence-electron chi connectivity index (χ4n) is 5.71. The summed E-state index contributed by atoms with van der Waals surface area (Å²) in [6.45, 7) is 6.31. The van der Waals surface area contributed by atoms with Gasteiger partial charge in [0.15, 0.2) is 5.65 Å². The Morgan fingerprint density at radius 3 is 2.45 bits per heavy atom. The van der Waals surface area contributed by atoms with Crippen molar-refractivity contribution in [2.75, 3.05) is 73.6 Å². The molecular formula is C27H35ClN8O3S. The van der Waals surface area contributed by atoms with Gasteiger partial charge in [0.2, 0.25) is 10.0 Å². The Kier molecular flexibility index (Phi) is 7.26. The minimum absolute atomic E-state index is 0.217. The highest BCUT2D eigenvalue weighted by Gasteiger charge is 2.33. The standard InChI is InChI=1S/C27H35ClN8O3S/c1-32-12-14-34(15-13-32)26-18-24(33-9-5-10-33)29-25-17-22(30-36(25)26)23-6-3-4-11-35(23)27(37)20-16-19(28)7-8-21(20)31-40(2,38)39/h7-8,16-18,23,31H,3-6,9-15H2,1-2H3/t23-/m1/s1. The van der Waals surface area contributed by atoms with Crippen LogP contribution in [0.5, 0.6) is 0 Å². The first-order valence-electron chi connectivity index (χ1n) is 13.8. The molecule has 0 unspecified atom stereocenters. The van der Waals surface area contributed by atoms with E-state index in [9.17, 15) is 13.2 Å². The van der Waals surface area contributed by atoms with Crippen molar-refractivity contribution in [3.63, 3.8) is 0 Å². The lowest BCUT2D eigenvalue weighted by molar-refractivity contribution is 0.0607. The largest absolute Gasteiger partial charge is 0.356 e. The number of amides is 1. The maximum Gasteiger partial charge on any atom is 0.256 e. The van der Waals surface area contributed by atoms with Gasteiger partial charge in [0.25, 0.3) is 5.91 Å². The fraction of sp³-hybridized carbons (Fsp3) is 0.519. The molecule has 1 N–H and O–H groups in total. The smallest absolute Gasteiger partial charge is 0.256 e. The second-order valence-corrected chi connectivity index (χ2v) is 13.2. The Morgan fingerprint density at radius 2 is 1.75 bits per heavy atom. The van der Waals surface area contributed by atoms with Gasteiger partial charge in [-0.1, -0.05) is 11.6 Å². The number of nitrogens with zero attached hydrogens (tertiary/aromatic N) is 7. The molecule has 3 fully saturated rings. The number of nitrogens with one attached hydrogen (secondary N) is 1. The minimum atomic E-state index is -3.59. The maximum absolute atomic E-state index is 14.0. The van der Waals surface area contributed by atoms with Gasteiger partial charge in [-0.05, 0) is 50.9 Å². The summed E-state index contributed by atoms with van der Waals surface area (Å²) in [6.07, 6.45) is 4.81. The summed E-state index contributed by atoms with van der Waals surface area (Å²) in [6, 6.07) is 8.52. The van der Waals surface area contributed by atoms with E-state index in [1.54, 1.807) is 11.0 Å². The first kappa shape index (κ1) is 27.1. The van der Waals surface area contributed by atoms with Crippen LogP contribution < -0.4 is 14.5 Å². The summed E-state index contributed by atoms with van der Waals surface area (Å²) in [5.74, 6) is 1.71. The van der Waals surface area contributed by atoms with Crippen LogP contribution >= 0.6 is 11.6 Å². The number of rotatable bonds is 6. The monoisotopic (exact) mass is 586 g/mol. The molecule has 0 bridgehead atoms. The molecule has 3 saturated heterocycles. The molecule has 13 heteroatoms. The van der Waals surface area contributed by atoms with Gasteiger partial charge in [0.1, 0.15) is 11.6 Å². The van der Waals surface area contributed by atoms with Crippen LogP contribution in [-0.4, -0.2) is 97.8 Å². The lowest BCUT2D eigenvalue weighted by atomic mass is 9.98. The Hall–Kier alpha value is -3.09. The summed E-state index contributed by atoms with van der Waals surface area (Å²) in [4.78, 5) is 27.7. The van der Waals surface area contributed by atoms with Crippen LogP contribution in [0.25, 0.3) is 5.65 Å². The van der Waals surface area contributed by atoms with Crippen LogP contribution in [0.3, 0.4) is 0 Å². The number of aromatic nitrogens is 3. The molecule has 3 aliphatic heterocycles. The number of hydrogen-bond acceptors (Lipinski definition) is 8. The molecule has 1 aromatic carbocycles. The number of likely N-dealkylation sites (tertiary alicyclic amines) is 1. The molecule has 11 nitrogen and oxygen atoms in total. The van der Waals surface area contributed by atoms with E-state index in [-0.39, 0.29) is 23.2 Å². The topological polar surface area (TPSA) is 106 Å². The van der Waals surface area contributed by atoms with Gasteiger partial charge >= 0.3 is 0 Å². The van der Waals surface area contributed by atoms with E-state index in [0.29, 0.717) is 11.6 Å². The molecule has 6 rings (SSSR count). The average Bonchev–Trinajstić information content (AvgIpc) is 3.32. The molecule has 0 spiro atoms. The van der Waals surface area contributed by atoms with Crippen LogP contribution in [0.4, 0.5) is 17.3 Å². The van der Waals surface area contributed by atoms with E-state index in [1.807, 2.05) is 10.6 Å². The van der Waals surface area contributed by atoms with Gasteiger partial charge in [0.05, 0.1) is 29.2 Å². The third-order valence-corrected chi connectivity index (χ3v) is 8.86. The molecule has 2 aromatic heterocycles. The number of hydrogen-bond donors (Lipinski definition) is 1. The predicted molar refractivity (Wildman–Crippen MR) is 157 cm³/mol. The number of fused-ring (bicyclic) bond motifs is 1. The van der Waals surface area contributed by atoms with E-state index in [0.717, 1.165) is 87.8 Å². The first-order valence-corrected chi connectivity index (χ1v) is 16.1. The van der Waals surface area contributed by atoms with Gasteiger partial charge in [0, 0.05) is 63.0 Å². The van der Waals surface area contributed by atoms with Crippen molar-refractivity contribution < 1.29 is 13.2 Å². The number of likely N-dealkylation sites (N-methyl/N-ethyl adjacent to an activating group) is 1. The molecule has 214 valence electrons. The van der Waals surface area contributed by atoms with Crippen molar-refractivity contribution >= 4 is 50.5 Å². The van der Waals surface area contributed by atoms with Gasteiger partial charge in [-0.3, -0.25) is 9.52 Å². The third kappa shape index (κ3) is 5.44. The van der Waals surface area contributed by atoms with Crippen LogP contribution in [-0.2, 0) is 10.0 Å². The minimum Gasteiger partial charge on any atom is -0.356 e. The highest BCUT2D eigenvalue weighted by atomic mass is 35.5. The molecule has 1 atom stereocenters. The number of halogens is 1. The Bertz CT molecular complexity index is 1530. The van der Waals surface area contributed by atoms with E-state index in [1.165, 1.54) is 18.6 Å². The zero-order valence-electron chi connectivity index (χ0n) is 22.9. The molecule has 0 radical (unpaired) electrons. The first-order chi connectivity index (χ1) is 19.2. The summed E-state index contributed by atoms with van der Waals surface area (Å²) in [5.41, 5.74) is 2.00. The summed E-state index contributed by atoms with van der Waals surface area (Å²) < 4.78 is 28.4. The summed E-state index contributed by atoms with van der Waals surface area (Å²) in [7, 11) is -1.45. The number of piperazine rings is 1. The lowest BCUT2D eigenvalue weighted by Gasteiger charge is -2.36.